The number of piperidine rings is 1. The first-order valence-electron chi connectivity index (χ1n) is 18.3. The van der Waals surface area contributed by atoms with Crippen LogP contribution in [0, 0.1) is 25.2 Å². The highest BCUT2D eigenvalue weighted by Crippen LogP contribution is 2.26. The van der Waals surface area contributed by atoms with E-state index in [1.165, 1.54) is 6.33 Å². The largest absolute Gasteiger partial charge is 0.508 e. The fourth-order valence-corrected chi connectivity index (χ4v) is 7.08. The van der Waals surface area contributed by atoms with E-state index in [9.17, 15) is 19.5 Å². The third-order valence-electron chi connectivity index (χ3n) is 10.0. The predicted molar refractivity (Wildman–Crippen MR) is 206 cm³/mol. The summed E-state index contributed by atoms with van der Waals surface area (Å²) in [6.07, 6.45) is 2.14. The number of nitrogens with two attached hydrogens (primary N) is 2. The minimum Gasteiger partial charge on any atom is -0.508 e. The molecule has 3 heterocycles. The van der Waals surface area contributed by atoms with Crippen LogP contribution in [0.3, 0.4) is 0 Å². The first-order chi connectivity index (χ1) is 26.9. The van der Waals surface area contributed by atoms with Gasteiger partial charge in [0.25, 0.3) is 5.91 Å². The topological polar surface area (TPSA) is 251 Å². The maximum Gasteiger partial charge on any atom is 0.405 e. The molecule has 6 rings (SSSR count). The van der Waals surface area contributed by atoms with Gasteiger partial charge < -0.3 is 46.4 Å². The number of amides is 3. The molecule has 3 amide bonds. The summed E-state index contributed by atoms with van der Waals surface area (Å²) in [4.78, 5) is 54.0. The molecule has 3 atom stereocenters. The van der Waals surface area contributed by atoms with Crippen molar-refractivity contribution in [2.24, 2.45) is 17.4 Å². The second kappa shape index (κ2) is 17.6. The summed E-state index contributed by atoms with van der Waals surface area (Å²) in [6.45, 7) is 4.36. The van der Waals surface area contributed by atoms with E-state index >= 15 is 0 Å². The van der Waals surface area contributed by atoms with Gasteiger partial charge in [0, 0.05) is 44.5 Å². The number of hydrogen-bond acceptors (Lipinski definition) is 10. The zero-order valence-corrected chi connectivity index (χ0v) is 31.2. The molecule has 0 bridgehead atoms. The number of guanidine groups is 1. The number of H-pyrrole nitrogens is 1. The lowest BCUT2D eigenvalue weighted by atomic mass is 9.90. The van der Waals surface area contributed by atoms with E-state index in [-0.39, 0.29) is 30.4 Å². The lowest BCUT2D eigenvalue weighted by Gasteiger charge is -2.35. The molecular formula is C40H46N10O6. The molecule has 0 aliphatic carbocycles. The molecule has 5 aromatic rings. The lowest BCUT2D eigenvalue weighted by Crippen LogP contribution is -2.55. The summed E-state index contributed by atoms with van der Waals surface area (Å²) < 4.78 is 11.1. The van der Waals surface area contributed by atoms with Crippen LogP contribution in [0.4, 0.5) is 4.79 Å². The maximum absolute atomic E-state index is 14.4. The highest BCUT2D eigenvalue weighted by Gasteiger charge is 2.37. The van der Waals surface area contributed by atoms with E-state index in [1.807, 2.05) is 54.6 Å². The SMILES string of the molecule is Cc1cc(O)cc(C)c1CC(NC(=O)C(OC(N)=O)C1CCN(C(=N)N)CC1)C(=O)NC(Cc1c[nH]cn1)c1nc(Cc2ccc(-c3ccccc3)cc2)no1. The highest BCUT2D eigenvalue weighted by molar-refractivity contribution is 5.91. The molecule has 1 aliphatic heterocycles. The lowest BCUT2D eigenvalue weighted by molar-refractivity contribution is -0.137. The van der Waals surface area contributed by atoms with Crippen LogP contribution < -0.4 is 22.1 Å². The summed E-state index contributed by atoms with van der Waals surface area (Å²) in [5, 5.41) is 28.0. The summed E-state index contributed by atoms with van der Waals surface area (Å²) in [7, 11) is 0. The van der Waals surface area contributed by atoms with Gasteiger partial charge >= 0.3 is 6.09 Å². The van der Waals surface area contributed by atoms with Gasteiger partial charge in [0.1, 0.15) is 17.8 Å². The van der Waals surface area contributed by atoms with Crippen molar-refractivity contribution in [1.82, 2.24) is 35.6 Å². The van der Waals surface area contributed by atoms with Gasteiger partial charge in [0.2, 0.25) is 11.8 Å². The highest BCUT2D eigenvalue weighted by atomic mass is 16.6. The molecule has 1 fully saturated rings. The van der Waals surface area contributed by atoms with E-state index in [2.05, 4.69) is 30.7 Å². The van der Waals surface area contributed by atoms with Gasteiger partial charge in [-0.2, -0.15) is 4.98 Å². The number of aromatic hydroxyl groups is 1. The number of hydrogen-bond donors (Lipinski definition) is 7. The minimum absolute atomic E-state index is 0.0325. The van der Waals surface area contributed by atoms with Crippen LogP contribution in [-0.2, 0) is 33.6 Å². The number of primary amides is 1. The van der Waals surface area contributed by atoms with Crippen LogP contribution in [0.2, 0.25) is 0 Å². The Morgan fingerprint density at radius 2 is 1.66 bits per heavy atom. The number of ether oxygens (including phenoxy) is 1. The summed E-state index contributed by atoms with van der Waals surface area (Å²) in [5.74, 6) is -1.20. The Kier molecular flexibility index (Phi) is 12.3. The smallest absolute Gasteiger partial charge is 0.405 e. The minimum atomic E-state index is -1.31. The zero-order chi connectivity index (χ0) is 39.8. The molecule has 2 aromatic heterocycles. The van der Waals surface area contributed by atoms with Crippen LogP contribution >= 0.6 is 0 Å². The van der Waals surface area contributed by atoms with Gasteiger partial charge in [-0.3, -0.25) is 15.0 Å². The normalized spacial score (nSPS) is 14.7. The van der Waals surface area contributed by atoms with Gasteiger partial charge in [-0.25, -0.2) is 9.78 Å². The number of nitrogens with zero attached hydrogens (tertiary/aromatic N) is 4. The molecule has 56 heavy (non-hydrogen) atoms. The van der Waals surface area contributed by atoms with Crippen molar-refractivity contribution in [2.45, 2.75) is 64.1 Å². The van der Waals surface area contributed by atoms with E-state index in [0.717, 1.165) is 22.3 Å². The first-order valence-corrected chi connectivity index (χ1v) is 18.3. The number of aromatic amines is 1. The Morgan fingerprint density at radius 3 is 2.29 bits per heavy atom. The number of benzene rings is 3. The average Bonchev–Trinajstić information content (AvgIpc) is 3.87. The van der Waals surface area contributed by atoms with Crippen molar-refractivity contribution < 1.29 is 28.8 Å². The number of nitrogens with one attached hydrogen (secondary N) is 4. The number of carbonyl (C=O) groups is 3. The van der Waals surface area contributed by atoms with E-state index in [4.69, 9.17) is 26.1 Å². The number of likely N-dealkylation sites (tertiary alicyclic amines) is 1. The predicted octanol–water partition coefficient (Wildman–Crippen LogP) is 3.57. The molecule has 1 saturated heterocycles. The van der Waals surface area contributed by atoms with Crippen molar-refractivity contribution >= 4 is 23.9 Å². The maximum atomic E-state index is 14.4. The van der Waals surface area contributed by atoms with Gasteiger partial charge in [-0.05, 0) is 72.2 Å². The number of carbonyl (C=O) groups excluding carboxylic acids is 3. The molecule has 16 nitrogen and oxygen atoms in total. The van der Waals surface area contributed by atoms with Gasteiger partial charge in [0.05, 0.1) is 12.0 Å². The van der Waals surface area contributed by atoms with Crippen LogP contribution in [0.15, 0.2) is 83.8 Å². The molecule has 1 aliphatic rings. The Bertz CT molecular complexity index is 2110. The third-order valence-corrected chi connectivity index (χ3v) is 10.0. The molecule has 0 saturated carbocycles. The Hall–Kier alpha value is -6.71. The molecule has 16 heteroatoms. The third kappa shape index (κ3) is 9.88. The number of phenolic OH excluding ortho intramolecular Hbond substituents is 1. The molecular weight excluding hydrogens is 717 g/mol. The molecule has 292 valence electrons. The zero-order valence-electron chi connectivity index (χ0n) is 31.2. The van der Waals surface area contributed by atoms with Crippen molar-refractivity contribution in [1.29, 1.82) is 5.41 Å². The van der Waals surface area contributed by atoms with E-state index in [0.29, 0.717) is 55.0 Å². The van der Waals surface area contributed by atoms with Crippen LogP contribution in [0.1, 0.15) is 58.5 Å². The standard InChI is InChI=1S/C40H46N10O6/c1-23-16-30(51)17-24(2)31(23)20-32(46-37(53)35(55-40(43)54)28-12-14-50(15-13-28)39(41)42)36(52)47-33(19-29-21-44-22-45-29)38-48-34(49-56-38)18-25-8-10-27(11-9-25)26-6-4-3-5-7-26/h3-11,16-17,21-22,28,32-33,35,51H,12-15,18-20H2,1-2H3,(H3,41,42)(H2,43,54)(H,44,45)(H,46,53)(H,47,52). The molecule has 0 spiro atoms. The number of aromatic nitrogens is 4. The molecule has 3 aromatic carbocycles. The van der Waals surface area contributed by atoms with E-state index < -0.39 is 42.0 Å². The Morgan fingerprint density at radius 1 is 0.982 bits per heavy atom. The Balaban J connectivity index is 1.24. The number of phenols is 1. The van der Waals surface area contributed by atoms with Gasteiger partial charge in [-0.15, -0.1) is 0 Å². The van der Waals surface area contributed by atoms with Crippen molar-refractivity contribution in [3.05, 3.63) is 119 Å². The van der Waals surface area contributed by atoms with Gasteiger partial charge in [0.15, 0.2) is 17.9 Å². The van der Waals surface area contributed by atoms with Crippen molar-refractivity contribution in [2.75, 3.05) is 13.1 Å². The fraction of sp³-hybridized carbons (Fsp3) is 0.325. The molecule has 9 N–H and O–H groups in total. The van der Waals surface area contributed by atoms with Crippen LogP contribution in [0.5, 0.6) is 5.75 Å². The summed E-state index contributed by atoms with van der Waals surface area (Å²) in [5.41, 5.74) is 17.0. The van der Waals surface area contributed by atoms with Crippen LogP contribution in [0.25, 0.3) is 11.1 Å². The average molecular weight is 763 g/mol. The van der Waals surface area contributed by atoms with Crippen LogP contribution in [-0.4, -0.2) is 79.2 Å². The quantitative estimate of drug-likeness (QED) is 0.0636. The second-order valence-electron chi connectivity index (χ2n) is 14.0. The Labute approximate surface area is 323 Å². The molecule has 3 unspecified atom stereocenters. The first kappa shape index (κ1) is 39.0. The number of aryl methyl sites for hydroxylation is 2. The summed E-state index contributed by atoms with van der Waals surface area (Å²) >= 11 is 0. The van der Waals surface area contributed by atoms with Crippen molar-refractivity contribution in [3.8, 4) is 16.9 Å². The molecule has 0 radical (unpaired) electrons. The second-order valence-corrected chi connectivity index (χ2v) is 14.0. The van der Waals surface area contributed by atoms with Crippen molar-refractivity contribution in [3.63, 3.8) is 0 Å². The fourth-order valence-electron chi connectivity index (χ4n) is 7.08. The number of imidazole rings is 1. The summed E-state index contributed by atoms with van der Waals surface area (Å²) in [6, 6.07) is 19.3. The van der Waals surface area contributed by atoms with Gasteiger partial charge in [-0.1, -0.05) is 59.8 Å². The number of rotatable bonds is 14. The monoisotopic (exact) mass is 762 g/mol. The van der Waals surface area contributed by atoms with E-state index in [1.54, 1.807) is 37.1 Å².